The Morgan fingerprint density at radius 3 is 2.69 bits per heavy atom. The molecule has 1 aromatic rings. The second kappa shape index (κ2) is 4.28. The SMILES string of the molecule is CC(=O)C(Cl)c1ccc(I)cc1O. The third kappa shape index (κ3) is 2.57. The molecule has 0 saturated carbocycles. The smallest absolute Gasteiger partial charge is 0.152 e. The lowest BCUT2D eigenvalue weighted by Gasteiger charge is -2.08. The van der Waals surface area contributed by atoms with E-state index in [9.17, 15) is 9.90 Å². The first-order valence-corrected chi connectivity index (χ1v) is 5.17. The average Bonchev–Trinajstić information content (AvgIpc) is 2.03. The van der Waals surface area contributed by atoms with Gasteiger partial charge in [0.2, 0.25) is 0 Å². The summed E-state index contributed by atoms with van der Waals surface area (Å²) in [6.45, 7) is 1.40. The minimum atomic E-state index is -0.753. The van der Waals surface area contributed by atoms with Crippen molar-refractivity contribution in [1.82, 2.24) is 0 Å². The molecule has 0 fully saturated rings. The number of Topliss-reactive ketones (excluding diaryl/α,β-unsaturated/α-hetero) is 1. The zero-order chi connectivity index (χ0) is 10.0. The van der Waals surface area contributed by atoms with E-state index >= 15 is 0 Å². The lowest BCUT2D eigenvalue weighted by Crippen LogP contribution is -2.01. The fourth-order valence-electron chi connectivity index (χ4n) is 0.950. The fraction of sp³-hybridized carbons (Fsp3) is 0.222. The molecule has 0 radical (unpaired) electrons. The molecule has 2 nitrogen and oxygen atoms in total. The van der Waals surface area contributed by atoms with Crippen LogP contribution in [0.4, 0.5) is 0 Å². The molecule has 0 spiro atoms. The predicted octanol–water partition coefficient (Wildman–Crippen LogP) is 2.87. The molecule has 1 N–H and O–H groups in total. The van der Waals surface area contributed by atoms with Crippen LogP contribution in [-0.4, -0.2) is 10.9 Å². The summed E-state index contributed by atoms with van der Waals surface area (Å²) in [7, 11) is 0. The maximum Gasteiger partial charge on any atom is 0.152 e. The van der Waals surface area contributed by atoms with E-state index in [1.165, 1.54) is 6.92 Å². The van der Waals surface area contributed by atoms with E-state index in [0.717, 1.165) is 3.57 Å². The summed E-state index contributed by atoms with van der Waals surface area (Å²) in [6, 6.07) is 5.04. The topological polar surface area (TPSA) is 37.3 Å². The van der Waals surface area contributed by atoms with Gasteiger partial charge in [-0.1, -0.05) is 6.07 Å². The zero-order valence-electron chi connectivity index (χ0n) is 6.92. The Bertz CT molecular complexity index is 338. The molecule has 1 atom stereocenters. The second-order valence-corrected chi connectivity index (χ2v) is 4.36. The second-order valence-electron chi connectivity index (χ2n) is 2.68. The number of phenolic OH excluding ortho intramolecular Hbond substituents is 1. The molecule has 13 heavy (non-hydrogen) atoms. The van der Waals surface area contributed by atoms with Crippen molar-refractivity contribution in [1.29, 1.82) is 0 Å². The Balaban J connectivity index is 3.08. The molecule has 0 saturated heterocycles. The van der Waals surface area contributed by atoms with Gasteiger partial charge in [-0.05, 0) is 41.6 Å². The third-order valence-corrected chi connectivity index (χ3v) is 2.84. The summed E-state index contributed by atoms with van der Waals surface area (Å²) in [6.07, 6.45) is 0. The van der Waals surface area contributed by atoms with Crippen LogP contribution < -0.4 is 0 Å². The molecular formula is C9H8ClIO2. The molecule has 1 rings (SSSR count). The van der Waals surface area contributed by atoms with Crippen LogP contribution in [0, 0.1) is 3.57 Å². The molecule has 1 aromatic carbocycles. The Morgan fingerprint density at radius 2 is 2.23 bits per heavy atom. The van der Waals surface area contributed by atoms with Gasteiger partial charge >= 0.3 is 0 Å². The van der Waals surface area contributed by atoms with E-state index in [1.807, 2.05) is 0 Å². The van der Waals surface area contributed by atoms with Gasteiger partial charge in [-0.25, -0.2) is 0 Å². The van der Waals surface area contributed by atoms with Crippen LogP contribution in [0.3, 0.4) is 0 Å². The molecule has 0 aromatic heterocycles. The third-order valence-electron chi connectivity index (χ3n) is 1.62. The highest BCUT2D eigenvalue weighted by atomic mass is 127. The lowest BCUT2D eigenvalue weighted by atomic mass is 10.1. The number of ketones is 1. The van der Waals surface area contributed by atoms with Crippen molar-refractivity contribution in [3.63, 3.8) is 0 Å². The number of hydrogen-bond donors (Lipinski definition) is 1. The van der Waals surface area contributed by atoms with E-state index < -0.39 is 5.38 Å². The normalized spacial score (nSPS) is 12.5. The molecule has 70 valence electrons. The summed E-state index contributed by atoms with van der Waals surface area (Å²) >= 11 is 7.86. The minimum Gasteiger partial charge on any atom is -0.508 e. The summed E-state index contributed by atoms with van der Waals surface area (Å²) in [5, 5.41) is 8.72. The highest BCUT2D eigenvalue weighted by Gasteiger charge is 2.16. The zero-order valence-corrected chi connectivity index (χ0v) is 9.83. The number of aromatic hydroxyl groups is 1. The maximum absolute atomic E-state index is 10.9. The van der Waals surface area contributed by atoms with Crippen molar-refractivity contribution in [2.75, 3.05) is 0 Å². The van der Waals surface area contributed by atoms with Gasteiger partial charge in [0, 0.05) is 9.13 Å². The number of phenols is 1. The largest absolute Gasteiger partial charge is 0.508 e. The molecular weight excluding hydrogens is 302 g/mol. The molecule has 0 heterocycles. The van der Waals surface area contributed by atoms with Crippen LogP contribution in [0.2, 0.25) is 0 Å². The van der Waals surface area contributed by atoms with Gasteiger partial charge in [-0.3, -0.25) is 4.79 Å². The number of hydrogen-bond acceptors (Lipinski definition) is 2. The van der Waals surface area contributed by atoms with Gasteiger partial charge in [-0.2, -0.15) is 0 Å². The van der Waals surface area contributed by atoms with Crippen molar-refractivity contribution >= 4 is 40.0 Å². The van der Waals surface area contributed by atoms with E-state index in [4.69, 9.17) is 11.6 Å². The summed E-state index contributed by atoms with van der Waals surface area (Å²) < 4.78 is 0.909. The van der Waals surface area contributed by atoms with Crippen LogP contribution in [0.5, 0.6) is 5.75 Å². The molecule has 0 aliphatic rings. The van der Waals surface area contributed by atoms with Crippen molar-refractivity contribution in [3.8, 4) is 5.75 Å². The van der Waals surface area contributed by atoms with Gasteiger partial charge < -0.3 is 5.11 Å². The maximum atomic E-state index is 10.9. The summed E-state index contributed by atoms with van der Waals surface area (Å²) in [5.74, 6) is -0.0970. The first-order valence-electron chi connectivity index (χ1n) is 3.65. The Labute approximate surface area is 95.0 Å². The van der Waals surface area contributed by atoms with Gasteiger partial charge in [0.1, 0.15) is 11.1 Å². The highest BCUT2D eigenvalue weighted by molar-refractivity contribution is 14.1. The summed E-state index contributed by atoms with van der Waals surface area (Å²) in [5.41, 5.74) is 0.467. The molecule has 0 amide bonds. The van der Waals surface area contributed by atoms with Crippen LogP contribution in [0.15, 0.2) is 18.2 Å². The lowest BCUT2D eigenvalue weighted by molar-refractivity contribution is -0.116. The minimum absolute atomic E-state index is 0.0714. The predicted molar refractivity (Wildman–Crippen MR) is 60.1 cm³/mol. The number of halogens is 2. The average molecular weight is 311 g/mol. The van der Waals surface area contributed by atoms with Crippen LogP contribution in [0.1, 0.15) is 17.9 Å². The molecule has 1 unspecified atom stereocenters. The van der Waals surface area contributed by atoms with E-state index in [-0.39, 0.29) is 11.5 Å². The standard InChI is InChI=1S/C9H8ClIO2/c1-5(12)9(10)7-3-2-6(11)4-8(7)13/h2-4,9,13H,1H3. The van der Waals surface area contributed by atoms with Crippen molar-refractivity contribution < 1.29 is 9.90 Å². The van der Waals surface area contributed by atoms with Gasteiger partial charge in [-0.15, -0.1) is 11.6 Å². The first kappa shape index (κ1) is 10.8. The first-order chi connectivity index (χ1) is 6.02. The van der Waals surface area contributed by atoms with E-state index in [2.05, 4.69) is 22.6 Å². The highest BCUT2D eigenvalue weighted by Crippen LogP contribution is 2.30. The van der Waals surface area contributed by atoms with Crippen LogP contribution in [-0.2, 0) is 4.79 Å². The molecule has 0 bridgehead atoms. The monoisotopic (exact) mass is 310 g/mol. The molecule has 4 heteroatoms. The quantitative estimate of drug-likeness (QED) is 0.674. The Hall–Kier alpha value is -0.290. The number of alkyl halides is 1. The number of carbonyl (C=O) groups excluding carboxylic acids is 1. The van der Waals surface area contributed by atoms with Crippen molar-refractivity contribution in [2.24, 2.45) is 0 Å². The van der Waals surface area contributed by atoms with Crippen LogP contribution in [0.25, 0.3) is 0 Å². The van der Waals surface area contributed by atoms with E-state index in [1.54, 1.807) is 18.2 Å². The summed E-state index contributed by atoms with van der Waals surface area (Å²) in [4.78, 5) is 10.9. The molecule has 0 aliphatic carbocycles. The van der Waals surface area contributed by atoms with Crippen molar-refractivity contribution in [2.45, 2.75) is 12.3 Å². The number of carbonyl (C=O) groups is 1. The number of rotatable bonds is 2. The van der Waals surface area contributed by atoms with Crippen molar-refractivity contribution in [3.05, 3.63) is 27.3 Å². The van der Waals surface area contributed by atoms with Gasteiger partial charge in [0.15, 0.2) is 5.78 Å². The van der Waals surface area contributed by atoms with Gasteiger partial charge in [0.05, 0.1) is 0 Å². The Kier molecular flexibility index (Phi) is 3.55. The fourth-order valence-corrected chi connectivity index (χ4v) is 1.61. The Morgan fingerprint density at radius 1 is 1.62 bits per heavy atom. The van der Waals surface area contributed by atoms with Crippen LogP contribution >= 0.6 is 34.2 Å². The number of benzene rings is 1. The molecule has 0 aliphatic heterocycles. The van der Waals surface area contributed by atoms with E-state index in [0.29, 0.717) is 5.56 Å². The van der Waals surface area contributed by atoms with Gasteiger partial charge in [0.25, 0.3) is 0 Å².